The molecule has 2 heterocycles. The van der Waals surface area contributed by atoms with Gasteiger partial charge in [-0.2, -0.15) is 0 Å². The van der Waals surface area contributed by atoms with Crippen molar-refractivity contribution in [1.29, 1.82) is 0 Å². The Balaban J connectivity index is 1.41. The quantitative estimate of drug-likeness (QED) is 0.661. The molecule has 1 atom stereocenters. The molecule has 0 saturated carbocycles. The number of fused-ring (bicyclic) bond motifs is 1. The topological polar surface area (TPSA) is 88.2 Å². The number of hydrogen-bond acceptors (Lipinski definition) is 5. The predicted molar refractivity (Wildman–Crippen MR) is 115 cm³/mol. The molecule has 4 rings (SSSR count). The number of rotatable bonds is 5. The second kappa shape index (κ2) is 7.91. The van der Waals surface area contributed by atoms with Crippen LogP contribution in [0.2, 0.25) is 0 Å². The van der Waals surface area contributed by atoms with Gasteiger partial charge in [0.25, 0.3) is 0 Å². The van der Waals surface area contributed by atoms with Crippen molar-refractivity contribution in [3.05, 3.63) is 83.2 Å². The van der Waals surface area contributed by atoms with Crippen LogP contribution in [-0.2, 0) is 27.6 Å². The number of benzene rings is 2. The standard InChI is InChI=1S/C23H23N3O3S/c1-15-3-8-22(16(2)11-15)30(28,29)19-6-4-17(5-7-19)13-25-23(27)21-12-18-14-24-10-9-20(18)26-21/h3-11,14,21,26H,12-13H2,1-2H3,(H,25,27). The summed E-state index contributed by atoms with van der Waals surface area (Å²) < 4.78 is 25.9. The van der Waals surface area contributed by atoms with E-state index in [0.29, 0.717) is 17.9 Å². The highest BCUT2D eigenvalue weighted by molar-refractivity contribution is 7.91. The summed E-state index contributed by atoms with van der Waals surface area (Å²) >= 11 is 0. The molecule has 0 radical (unpaired) electrons. The Bertz CT molecular complexity index is 1180. The van der Waals surface area contributed by atoms with Crippen molar-refractivity contribution >= 4 is 21.4 Å². The second-order valence-corrected chi connectivity index (χ2v) is 9.49. The lowest BCUT2D eigenvalue weighted by atomic mass is 10.1. The summed E-state index contributed by atoms with van der Waals surface area (Å²) in [5, 5.41) is 6.11. The maximum absolute atomic E-state index is 12.9. The third-order valence-corrected chi connectivity index (χ3v) is 7.22. The Morgan fingerprint density at radius 2 is 1.90 bits per heavy atom. The molecule has 30 heavy (non-hydrogen) atoms. The maximum Gasteiger partial charge on any atom is 0.243 e. The minimum absolute atomic E-state index is 0.0989. The summed E-state index contributed by atoms with van der Waals surface area (Å²) in [6.45, 7) is 4.06. The van der Waals surface area contributed by atoms with Gasteiger partial charge in [0.15, 0.2) is 0 Å². The fourth-order valence-electron chi connectivity index (χ4n) is 3.67. The van der Waals surface area contributed by atoms with Crippen LogP contribution in [0.5, 0.6) is 0 Å². The molecule has 3 aromatic rings. The van der Waals surface area contributed by atoms with Crippen LogP contribution in [0.15, 0.2) is 70.7 Å². The van der Waals surface area contributed by atoms with E-state index in [0.717, 1.165) is 27.9 Å². The predicted octanol–water partition coefficient (Wildman–Crippen LogP) is 3.18. The molecule has 0 saturated heterocycles. The highest BCUT2D eigenvalue weighted by Gasteiger charge is 2.26. The SMILES string of the molecule is Cc1ccc(S(=O)(=O)c2ccc(CNC(=O)C3Cc4cnccc4N3)cc2)c(C)c1. The Morgan fingerprint density at radius 1 is 1.13 bits per heavy atom. The average Bonchev–Trinajstić information content (AvgIpc) is 3.16. The number of amides is 1. The van der Waals surface area contributed by atoms with Crippen molar-refractivity contribution in [3.8, 4) is 0 Å². The zero-order chi connectivity index (χ0) is 21.3. The minimum atomic E-state index is -3.58. The smallest absolute Gasteiger partial charge is 0.243 e. The summed E-state index contributed by atoms with van der Waals surface area (Å²) in [4.78, 5) is 17.1. The summed E-state index contributed by atoms with van der Waals surface area (Å²) in [6.07, 6.45) is 4.06. The Hall–Kier alpha value is -3.19. The summed E-state index contributed by atoms with van der Waals surface area (Å²) in [6, 6.07) is 13.5. The molecule has 1 aliphatic heterocycles. The van der Waals surface area contributed by atoms with Gasteiger partial charge in [0, 0.05) is 31.0 Å². The van der Waals surface area contributed by atoms with E-state index in [-0.39, 0.29) is 16.8 Å². The van der Waals surface area contributed by atoms with Crippen LogP contribution in [-0.4, -0.2) is 25.4 Å². The van der Waals surface area contributed by atoms with Crippen molar-refractivity contribution in [2.24, 2.45) is 0 Å². The molecule has 1 amide bonds. The number of nitrogens with one attached hydrogen (secondary N) is 2. The van der Waals surface area contributed by atoms with Crippen LogP contribution in [0.1, 0.15) is 22.3 Å². The summed E-state index contributed by atoms with van der Waals surface area (Å²) in [7, 11) is -3.58. The monoisotopic (exact) mass is 421 g/mol. The van der Waals surface area contributed by atoms with E-state index in [2.05, 4.69) is 15.6 Å². The van der Waals surface area contributed by atoms with Gasteiger partial charge in [-0.25, -0.2) is 8.42 Å². The third-order valence-electron chi connectivity index (χ3n) is 5.29. The zero-order valence-electron chi connectivity index (χ0n) is 16.8. The first-order valence-electron chi connectivity index (χ1n) is 9.73. The number of nitrogens with zero attached hydrogens (tertiary/aromatic N) is 1. The molecule has 0 aliphatic carbocycles. The number of anilines is 1. The molecule has 7 heteroatoms. The number of aryl methyl sites for hydroxylation is 2. The molecule has 6 nitrogen and oxygen atoms in total. The summed E-state index contributed by atoms with van der Waals surface area (Å²) in [5.41, 5.74) is 4.55. The fraction of sp³-hybridized carbons (Fsp3) is 0.217. The number of carbonyl (C=O) groups excluding carboxylic acids is 1. The normalized spacial score (nSPS) is 15.3. The van der Waals surface area contributed by atoms with Gasteiger partial charge < -0.3 is 10.6 Å². The van der Waals surface area contributed by atoms with Crippen molar-refractivity contribution in [1.82, 2.24) is 10.3 Å². The minimum Gasteiger partial charge on any atom is -0.373 e. The van der Waals surface area contributed by atoms with Gasteiger partial charge >= 0.3 is 0 Å². The van der Waals surface area contributed by atoms with Gasteiger partial charge in [-0.1, -0.05) is 29.8 Å². The molecule has 1 unspecified atom stereocenters. The van der Waals surface area contributed by atoms with Gasteiger partial charge in [-0.15, -0.1) is 0 Å². The van der Waals surface area contributed by atoms with Crippen LogP contribution in [0.25, 0.3) is 0 Å². The summed E-state index contributed by atoms with van der Waals surface area (Å²) in [5.74, 6) is -0.0989. The molecule has 0 fully saturated rings. The average molecular weight is 422 g/mol. The molecular weight excluding hydrogens is 398 g/mol. The lowest BCUT2D eigenvalue weighted by Gasteiger charge is -2.13. The van der Waals surface area contributed by atoms with Crippen LogP contribution in [0.4, 0.5) is 5.69 Å². The largest absolute Gasteiger partial charge is 0.373 e. The van der Waals surface area contributed by atoms with E-state index in [4.69, 9.17) is 0 Å². The molecule has 0 spiro atoms. The molecule has 1 aromatic heterocycles. The maximum atomic E-state index is 12.9. The van der Waals surface area contributed by atoms with Gasteiger partial charge in [0.1, 0.15) is 6.04 Å². The Kier molecular flexibility index (Phi) is 5.30. The third kappa shape index (κ3) is 3.93. The zero-order valence-corrected chi connectivity index (χ0v) is 17.7. The Labute approximate surface area is 176 Å². The van der Waals surface area contributed by atoms with Gasteiger partial charge in [0.05, 0.1) is 9.79 Å². The fourth-order valence-corrected chi connectivity index (χ4v) is 5.15. The van der Waals surface area contributed by atoms with Crippen molar-refractivity contribution in [3.63, 3.8) is 0 Å². The van der Waals surface area contributed by atoms with Crippen LogP contribution >= 0.6 is 0 Å². The first-order valence-corrected chi connectivity index (χ1v) is 11.2. The van der Waals surface area contributed by atoms with Crippen molar-refractivity contribution in [2.45, 2.75) is 42.6 Å². The molecule has 1 aliphatic rings. The van der Waals surface area contributed by atoms with E-state index in [1.165, 1.54) is 0 Å². The first kappa shape index (κ1) is 20.1. The molecular formula is C23H23N3O3S. The number of sulfone groups is 1. The van der Waals surface area contributed by atoms with E-state index >= 15 is 0 Å². The van der Waals surface area contributed by atoms with Crippen LogP contribution < -0.4 is 10.6 Å². The highest BCUT2D eigenvalue weighted by atomic mass is 32.2. The number of carbonyl (C=O) groups is 1. The highest BCUT2D eigenvalue weighted by Crippen LogP contribution is 2.26. The van der Waals surface area contributed by atoms with Crippen molar-refractivity contribution < 1.29 is 13.2 Å². The molecule has 2 N–H and O–H groups in total. The lowest BCUT2D eigenvalue weighted by Crippen LogP contribution is -2.38. The molecule has 2 aromatic carbocycles. The second-order valence-electron chi connectivity index (χ2n) is 7.57. The number of aromatic nitrogens is 1. The first-order chi connectivity index (χ1) is 14.3. The van der Waals surface area contributed by atoms with E-state index in [9.17, 15) is 13.2 Å². The van der Waals surface area contributed by atoms with Gasteiger partial charge in [-0.3, -0.25) is 9.78 Å². The number of hydrogen-bond donors (Lipinski definition) is 2. The van der Waals surface area contributed by atoms with Crippen molar-refractivity contribution in [2.75, 3.05) is 5.32 Å². The van der Waals surface area contributed by atoms with E-state index in [1.54, 1.807) is 55.7 Å². The van der Waals surface area contributed by atoms with Crippen LogP contribution in [0.3, 0.4) is 0 Å². The number of pyridine rings is 1. The van der Waals surface area contributed by atoms with Gasteiger partial charge in [0.2, 0.25) is 15.7 Å². The molecule has 154 valence electrons. The van der Waals surface area contributed by atoms with E-state index < -0.39 is 9.84 Å². The van der Waals surface area contributed by atoms with Crippen LogP contribution in [0, 0.1) is 13.8 Å². The lowest BCUT2D eigenvalue weighted by molar-refractivity contribution is -0.121. The molecule has 0 bridgehead atoms. The van der Waals surface area contributed by atoms with E-state index in [1.807, 2.05) is 19.1 Å². The van der Waals surface area contributed by atoms with Gasteiger partial charge in [-0.05, 0) is 54.8 Å². The Morgan fingerprint density at radius 3 is 2.60 bits per heavy atom.